The molecule has 2 heterocycles. The Hall–Kier alpha value is -4.48. The number of piperazine rings is 1. The zero-order valence-corrected chi connectivity index (χ0v) is 26.9. The van der Waals surface area contributed by atoms with Crippen molar-refractivity contribution in [2.24, 2.45) is 0 Å². The van der Waals surface area contributed by atoms with Gasteiger partial charge in [0, 0.05) is 38.1 Å². The molecular weight excluding hydrogens is 570 g/mol. The van der Waals surface area contributed by atoms with E-state index in [0.29, 0.717) is 23.5 Å². The third-order valence-corrected chi connectivity index (χ3v) is 7.41. The molecule has 11 nitrogen and oxygen atoms in total. The summed E-state index contributed by atoms with van der Waals surface area (Å²) in [7, 11) is 2.14. The number of hydrogen-bond donors (Lipinski definition) is 4. The number of para-hydroxylation sites is 2. The molecule has 4 rings (SSSR count). The van der Waals surface area contributed by atoms with Crippen LogP contribution in [-0.2, 0) is 4.74 Å². The number of likely N-dealkylation sites (N-methyl/N-ethyl adjacent to an activating group) is 1. The minimum absolute atomic E-state index is 0.200. The second kappa shape index (κ2) is 15.5. The number of ether oxygens (including phenoxy) is 1. The maximum atomic E-state index is 13.1. The fraction of sp³-hybridized carbons (Fsp3) is 0.412. The first-order valence-electron chi connectivity index (χ1n) is 15.4. The van der Waals surface area contributed by atoms with Crippen LogP contribution < -0.4 is 21.3 Å². The lowest BCUT2D eigenvalue weighted by atomic mass is 10.0. The molecule has 1 atom stereocenters. The molecule has 1 aliphatic heterocycles. The number of nitrogens with zero attached hydrogens (tertiary/aromatic N) is 3. The molecule has 0 spiro atoms. The number of aryl methyl sites for hydroxylation is 1. The van der Waals surface area contributed by atoms with E-state index in [1.807, 2.05) is 37.3 Å². The fourth-order valence-electron chi connectivity index (χ4n) is 4.92. The Morgan fingerprint density at radius 2 is 1.56 bits per heavy atom. The Morgan fingerprint density at radius 1 is 0.889 bits per heavy atom. The molecule has 4 amide bonds. The second-order valence-electron chi connectivity index (χ2n) is 12.4. The number of carbonyl (C=O) groups excluding carboxylic acids is 3. The summed E-state index contributed by atoms with van der Waals surface area (Å²) >= 11 is 0. The molecule has 45 heavy (non-hydrogen) atoms. The standard InChI is InChI=1S/C34H45N7O4/c1-24-12-15-26(16-13-24)36-32(43)38-27(11-8-18-41-21-19-40(5)20-22-41)25-14-17-30(35-23-25)31(42)37-28-9-6-7-10-29(28)39-33(44)45-34(2,3)4/h6-7,9-10,12-17,23,27H,8,11,18-22H2,1-5H3,(H,37,42)(H,39,44)(H2,36,38,43). The summed E-state index contributed by atoms with van der Waals surface area (Å²) in [5.41, 5.74) is 2.98. The third kappa shape index (κ3) is 10.9. The van der Waals surface area contributed by atoms with Gasteiger partial charge in [-0.1, -0.05) is 35.9 Å². The van der Waals surface area contributed by atoms with E-state index in [4.69, 9.17) is 4.74 Å². The van der Waals surface area contributed by atoms with Crippen molar-refractivity contribution in [3.63, 3.8) is 0 Å². The van der Waals surface area contributed by atoms with E-state index < -0.39 is 17.6 Å². The summed E-state index contributed by atoms with van der Waals surface area (Å²) in [4.78, 5) is 47.6. The van der Waals surface area contributed by atoms with Crippen molar-refractivity contribution in [2.45, 2.75) is 52.2 Å². The smallest absolute Gasteiger partial charge is 0.412 e. The Labute approximate surface area is 265 Å². The zero-order chi connectivity index (χ0) is 32.4. The Balaban J connectivity index is 1.42. The molecule has 0 bridgehead atoms. The molecule has 1 fully saturated rings. The predicted molar refractivity (Wildman–Crippen MR) is 178 cm³/mol. The van der Waals surface area contributed by atoms with Gasteiger partial charge in [0.05, 0.1) is 17.4 Å². The number of nitrogens with one attached hydrogen (secondary N) is 4. The Morgan fingerprint density at radius 3 is 2.18 bits per heavy atom. The van der Waals surface area contributed by atoms with Crippen molar-refractivity contribution in [3.05, 3.63) is 83.7 Å². The van der Waals surface area contributed by atoms with Crippen molar-refractivity contribution >= 4 is 35.1 Å². The number of carbonyl (C=O) groups is 3. The normalized spacial score (nSPS) is 14.7. The highest BCUT2D eigenvalue weighted by Gasteiger charge is 2.20. The van der Waals surface area contributed by atoms with Crippen LogP contribution in [0.15, 0.2) is 66.9 Å². The van der Waals surface area contributed by atoms with Gasteiger partial charge in [-0.25, -0.2) is 9.59 Å². The number of amides is 4. The van der Waals surface area contributed by atoms with Gasteiger partial charge in [-0.05, 0) is 90.0 Å². The number of aromatic nitrogens is 1. The van der Waals surface area contributed by atoms with Gasteiger partial charge in [-0.3, -0.25) is 15.1 Å². The van der Waals surface area contributed by atoms with Crippen LogP contribution in [0.4, 0.5) is 26.7 Å². The van der Waals surface area contributed by atoms with Crippen molar-refractivity contribution in [1.82, 2.24) is 20.1 Å². The number of urea groups is 1. The maximum absolute atomic E-state index is 13.1. The molecule has 3 aromatic rings. The summed E-state index contributed by atoms with van der Waals surface area (Å²) < 4.78 is 5.34. The number of rotatable bonds is 10. The summed E-state index contributed by atoms with van der Waals surface area (Å²) in [6.45, 7) is 12.4. The van der Waals surface area contributed by atoms with Crippen LogP contribution >= 0.6 is 0 Å². The van der Waals surface area contributed by atoms with Crippen molar-refractivity contribution in [1.29, 1.82) is 0 Å². The van der Waals surface area contributed by atoms with Gasteiger partial charge in [0.25, 0.3) is 5.91 Å². The minimum atomic E-state index is -0.660. The molecule has 4 N–H and O–H groups in total. The van der Waals surface area contributed by atoms with Gasteiger partial charge in [0.2, 0.25) is 0 Å². The SMILES string of the molecule is Cc1ccc(NC(=O)NC(CCCN2CCN(C)CC2)c2ccc(C(=O)Nc3ccccc3NC(=O)OC(C)(C)C)nc2)cc1. The maximum Gasteiger partial charge on any atom is 0.412 e. The van der Waals surface area contributed by atoms with E-state index in [1.165, 1.54) is 0 Å². The average molecular weight is 616 g/mol. The quantitative estimate of drug-likeness (QED) is 0.224. The van der Waals surface area contributed by atoms with E-state index in [0.717, 1.165) is 50.3 Å². The van der Waals surface area contributed by atoms with E-state index in [-0.39, 0.29) is 17.8 Å². The summed E-state index contributed by atoms with van der Waals surface area (Å²) in [6, 6.07) is 17.4. The van der Waals surface area contributed by atoms with Crippen LogP contribution in [0.25, 0.3) is 0 Å². The van der Waals surface area contributed by atoms with Gasteiger partial charge in [-0.2, -0.15) is 0 Å². The lowest BCUT2D eigenvalue weighted by Crippen LogP contribution is -2.44. The highest BCUT2D eigenvalue weighted by molar-refractivity contribution is 6.05. The molecule has 1 saturated heterocycles. The van der Waals surface area contributed by atoms with Gasteiger partial charge >= 0.3 is 12.1 Å². The first-order chi connectivity index (χ1) is 21.4. The molecule has 1 aliphatic rings. The fourth-order valence-corrected chi connectivity index (χ4v) is 4.92. The van der Waals surface area contributed by atoms with Gasteiger partial charge in [-0.15, -0.1) is 0 Å². The molecule has 1 unspecified atom stereocenters. The lowest BCUT2D eigenvalue weighted by molar-refractivity contribution is 0.0635. The van der Waals surface area contributed by atoms with Crippen LogP contribution in [0.3, 0.4) is 0 Å². The predicted octanol–water partition coefficient (Wildman–Crippen LogP) is 5.88. The first-order valence-corrected chi connectivity index (χ1v) is 15.4. The topological polar surface area (TPSA) is 128 Å². The largest absolute Gasteiger partial charge is 0.444 e. The zero-order valence-electron chi connectivity index (χ0n) is 26.9. The van der Waals surface area contributed by atoms with Gasteiger partial charge in [0.15, 0.2) is 0 Å². The van der Waals surface area contributed by atoms with Crippen molar-refractivity contribution in [2.75, 3.05) is 55.7 Å². The molecule has 11 heteroatoms. The molecular formula is C34H45N7O4. The molecule has 0 aliphatic carbocycles. The Bertz CT molecular complexity index is 1430. The third-order valence-electron chi connectivity index (χ3n) is 7.41. The van der Waals surface area contributed by atoms with Crippen LogP contribution in [-0.4, -0.2) is 78.2 Å². The van der Waals surface area contributed by atoms with Crippen LogP contribution in [0, 0.1) is 6.92 Å². The second-order valence-corrected chi connectivity index (χ2v) is 12.4. The van der Waals surface area contributed by atoms with Crippen molar-refractivity contribution < 1.29 is 19.1 Å². The van der Waals surface area contributed by atoms with Crippen LogP contribution in [0.5, 0.6) is 0 Å². The molecule has 0 radical (unpaired) electrons. The molecule has 0 saturated carbocycles. The number of pyridine rings is 1. The van der Waals surface area contributed by atoms with Crippen LogP contribution in [0.2, 0.25) is 0 Å². The highest BCUT2D eigenvalue weighted by atomic mass is 16.6. The number of benzene rings is 2. The Kier molecular flexibility index (Phi) is 11.5. The number of anilines is 3. The van der Waals surface area contributed by atoms with E-state index >= 15 is 0 Å². The first kappa shape index (κ1) is 33.4. The highest BCUT2D eigenvalue weighted by Crippen LogP contribution is 2.24. The van der Waals surface area contributed by atoms with E-state index in [1.54, 1.807) is 57.3 Å². The van der Waals surface area contributed by atoms with E-state index in [9.17, 15) is 14.4 Å². The van der Waals surface area contributed by atoms with E-state index in [2.05, 4.69) is 43.1 Å². The molecule has 2 aromatic carbocycles. The van der Waals surface area contributed by atoms with Gasteiger partial charge < -0.3 is 30.5 Å². The molecule has 1 aromatic heterocycles. The summed E-state index contributed by atoms with van der Waals surface area (Å²) in [5, 5.41) is 11.5. The average Bonchev–Trinajstić information content (AvgIpc) is 2.99. The lowest BCUT2D eigenvalue weighted by Gasteiger charge is -2.32. The molecule has 240 valence electrons. The van der Waals surface area contributed by atoms with Crippen molar-refractivity contribution in [3.8, 4) is 0 Å². The number of hydrogen-bond acceptors (Lipinski definition) is 7. The van der Waals surface area contributed by atoms with Gasteiger partial charge in [0.1, 0.15) is 11.3 Å². The summed E-state index contributed by atoms with van der Waals surface area (Å²) in [6.07, 6.45) is 2.61. The minimum Gasteiger partial charge on any atom is -0.444 e. The summed E-state index contributed by atoms with van der Waals surface area (Å²) in [5.74, 6) is -0.434. The van der Waals surface area contributed by atoms with Crippen LogP contribution in [0.1, 0.15) is 61.3 Å². The monoisotopic (exact) mass is 615 g/mol.